The van der Waals surface area contributed by atoms with Crippen LogP contribution >= 0.6 is 11.6 Å². The van der Waals surface area contributed by atoms with Crippen molar-refractivity contribution in [2.24, 2.45) is 5.92 Å². The number of hydrogen-bond acceptors (Lipinski definition) is 5. The SMILES string of the molecule is COc1ccc(NC(=O)[C@H](OC(=O)[C@H]2CCCN(C(C)=O)C2)c2ccccc2)cc1Cl. The van der Waals surface area contributed by atoms with E-state index in [1.54, 1.807) is 47.4 Å². The molecule has 1 heterocycles. The molecule has 2 amide bonds. The van der Waals surface area contributed by atoms with Gasteiger partial charge in [0.25, 0.3) is 5.91 Å². The van der Waals surface area contributed by atoms with Crippen molar-refractivity contribution in [2.75, 3.05) is 25.5 Å². The van der Waals surface area contributed by atoms with Crippen LogP contribution in [-0.4, -0.2) is 42.9 Å². The van der Waals surface area contributed by atoms with Gasteiger partial charge in [-0.2, -0.15) is 0 Å². The molecule has 1 N–H and O–H groups in total. The van der Waals surface area contributed by atoms with Crippen molar-refractivity contribution in [3.05, 3.63) is 59.1 Å². The minimum atomic E-state index is -1.14. The monoisotopic (exact) mass is 444 g/mol. The average molecular weight is 445 g/mol. The van der Waals surface area contributed by atoms with E-state index >= 15 is 0 Å². The zero-order valence-corrected chi connectivity index (χ0v) is 18.2. The number of benzene rings is 2. The maximum atomic E-state index is 13.0. The number of rotatable bonds is 6. The molecule has 31 heavy (non-hydrogen) atoms. The first-order valence-corrected chi connectivity index (χ1v) is 10.4. The lowest BCUT2D eigenvalue weighted by molar-refractivity contribution is -0.161. The molecule has 3 rings (SSSR count). The standard InChI is InChI=1S/C23H25ClN2O5/c1-15(27)26-12-6-9-17(14-26)23(29)31-21(16-7-4-3-5-8-16)22(28)25-18-10-11-20(30-2)19(24)13-18/h3-5,7-8,10-11,13,17,21H,6,9,12,14H2,1-2H3,(H,25,28)/t17-,21+/m0/s1. The van der Waals surface area contributed by atoms with Gasteiger partial charge in [0, 0.05) is 31.3 Å². The molecule has 0 saturated carbocycles. The number of halogens is 1. The first-order valence-electron chi connectivity index (χ1n) is 10.0. The van der Waals surface area contributed by atoms with Crippen molar-refractivity contribution < 1.29 is 23.9 Å². The molecular formula is C23H25ClN2O5. The van der Waals surface area contributed by atoms with E-state index < -0.39 is 23.9 Å². The Kier molecular flexibility index (Phi) is 7.52. The number of nitrogens with one attached hydrogen (secondary N) is 1. The Labute approximate surface area is 186 Å². The van der Waals surface area contributed by atoms with E-state index in [1.165, 1.54) is 14.0 Å². The van der Waals surface area contributed by atoms with Gasteiger partial charge in [0.05, 0.1) is 18.1 Å². The molecule has 0 radical (unpaired) electrons. The van der Waals surface area contributed by atoms with Crippen molar-refractivity contribution in [2.45, 2.75) is 25.9 Å². The molecule has 8 heteroatoms. The van der Waals surface area contributed by atoms with Crippen LogP contribution in [0.25, 0.3) is 0 Å². The van der Waals surface area contributed by atoms with E-state index in [9.17, 15) is 14.4 Å². The molecule has 2 aromatic rings. The van der Waals surface area contributed by atoms with Gasteiger partial charge in [-0.15, -0.1) is 0 Å². The number of anilines is 1. The molecule has 0 bridgehead atoms. The Bertz CT molecular complexity index is 950. The fourth-order valence-electron chi connectivity index (χ4n) is 3.52. The first-order chi connectivity index (χ1) is 14.9. The third-order valence-electron chi connectivity index (χ3n) is 5.19. The summed E-state index contributed by atoms with van der Waals surface area (Å²) in [7, 11) is 1.50. The number of hydrogen-bond donors (Lipinski definition) is 1. The molecule has 2 aromatic carbocycles. The number of likely N-dealkylation sites (tertiary alicyclic amines) is 1. The molecule has 1 fully saturated rings. The Balaban J connectivity index is 1.77. The molecule has 0 aromatic heterocycles. The van der Waals surface area contributed by atoms with Gasteiger partial charge < -0.3 is 19.7 Å². The second-order valence-corrected chi connectivity index (χ2v) is 7.78. The normalized spacial score (nSPS) is 16.9. The molecule has 1 aliphatic heterocycles. The van der Waals surface area contributed by atoms with E-state index in [0.717, 1.165) is 0 Å². The number of ether oxygens (including phenoxy) is 2. The van der Waals surface area contributed by atoms with Crippen molar-refractivity contribution >= 4 is 35.1 Å². The summed E-state index contributed by atoms with van der Waals surface area (Å²) in [6.07, 6.45) is 0.188. The molecule has 1 aliphatic rings. The van der Waals surface area contributed by atoms with E-state index in [4.69, 9.17) is 21.1 Å². The third-order valence-corrected chi connectivity index (χ3v) is 5.49. The van der Waals surface area contributed by atoms with Gasteiger partial charge in [0.15, 0.2) is 0 Å². The third kappa shape index (κ3) is 5.76. The Hall–Kier alpha value is -3.06. The zero-order chi connectivity index (χ0) is 22.4. The van der Waals surface area contributed by atoms with Gasteiger partial charge in [0.2, 0.25) is 12.0 Å². The maximum absolute atomic E-state index is 13.0. The average Bonchev–Trinajstić information content (AvgIpc) is 2.78. The van der Waals surface area contributed by atoms with Gasteiger partial charge in [-0.25, -0.2) is 0 Å². The van der Waals surface area contributed by atoms with Crippen LogP contribution in [0.4, 0.5) is 5.69 Å². The smallest absolute Gasteiger partial charge is 0.311 e. The number of methoxy groups -OCH3 is 1. The summed E-state index contributed by atoms with van der Waals surface area (Å²) >= 11 is 6.14. The lowest BCUT2D eigenvalue weighted by atomic mass is 9.98. The summed E-state index contributed by atoms with van der Waals surface area (Å²) in [5.41, 5.74) is 1.00. The second kappa shape index (κ2) is 10.3. The number of carbonyl (C=O) groups is 3. The van der Waals surface area contributed by atoms with Gasteiger partial charge >= 0.3 is 5.97 Å². The van der Waals surface area contributed by atoms with Gasteiger partial charge in [-0.3, -0.25) is 14.4 Å². The molecule has 0 unspecified atom stereocenters. The molecule has 2 atom stereocenters. The molecule has 1 saturated heterocycles. The summed E-state index contributed by atoms with van der Waals surface area (Å²) in [6.45, 7) is 2.40. The highest BCUT2D eigenvalue weighted by Crippen LogP contribution is 2.29. The fourth-order valence-corrected chi connectivity index (χ4v) is 3.78. The Morgan fingerprint density at radius 1 is 1.16 bits per heavy atom. The lowest BCUT2D eigenvalue weighted by Crippen LogP contribution is -2.42. The summed E-state index contributed by atoms with van der Waals surface area (Å²) in [5.74, 6) is -1.06. The zero-order valence-electron chi connectivity index (χ0n) is 17.5. The fraction of sp³-hybridized carbons (Fsp3) is 0.348. The van der Waals surface area contributed by atoms with Gasteiger partial charge in [0.1, 0.15) is 5.75 Å². The number of esters is 1. The van der Waals surface area contributed by atoms with Crippen LogP contribution in [0.15, 0.2) is 48.5 Å². The topological polar surface area (TPSA) is 84.9 Å². The molecule has 0 aliphatic carbocycles. The van der Waals surface area contributed by atoms with Crippen LogP contribution in [0.2, 0.25) is 5.02 Å². The molecular weight excluding hydrogens is 420 g/mol. The minimum Gasteiger partial charge on any atom is -0.495 e. The molecule has 164 valence electrons. The highest BCUT2D eigenvalue weighted by Gasteiger charge is 2.32. The van der Waals surface area contributed by atoms with E-state index in [1.807, 2.05) is 6.07 Å². The van der Waals surface area contributed by atoms with Crippen LogP contribution in [-0.2, 0) is 19.1 Å². The van der Waals surface area contributed by atoms with Crippen molar-refractivity contribution in [1.82, 2.24) is 4.90 Å². The van der Waals surface area contributed by atoms with Crippen LogP contribution in [0, 0.1) is 5.92 Å². The van der Waals surface area contributed by atoms with E-state index in [2.05, 4.69) is 5.32 Å². The number of piperidine rings is 1. The predicted octanol–water partition coefficient (Wildman–Crippen LogP) is 3.83. The van der Waals surface area contributed by atoms with Crippen molar-refractivity contribution in [3.8, 4) is 5.75 Å². The summed E-state index contributed by atoms with van der Waals surface area (Å²) in [6, 6.07) is 13.7. The number of nitrogens with zero attached hydrogens (tertiary/aromatic N) is 1. The van der Waals surface area contributed by atoms with E-state index in [0.29, 0.717) is 48.0 Å². The van der Waals surface area contributed by atoms with Crippen LogP contribution in [0.3, 0.4) is 0 Å². The summed E-state index contributed by atoms with van der Waals surface area (Å²) < 4.78 is 10.8. The summed E-state index contributed by atoms with van der Waals surface area (Å²) in [4.78, 5) is 39.2. The predicted molar refractivity (Wildman–Crippen MR) is 117 cm³/mol. The Morgan fingerprint density at radius 2 is 1.90 bits per heavy atom. The van der Waals surface area contributed by atoms with Crippen molar-refractivity contribution in [3.63, 3.8) is 0 Å². The Morgan fingerprint density at radius 3 is 2.55 bits per heavy atom. The first kappa shape index (κ1) is 22.6. The second-order valence-electron chi connectivity index (χ2n) is 7.37. The number of carbonyl (C=O) groups excluding carboxylic acids is 3. The largest absolute Gasteiger partial charge is 0.495 e. The van der Waals surface area contributed by atoms with Gasteiger partial charge in [-0.05, 0) is 31.0 Å². The highest BCUT2D eigenvalue weighted by atomic mass is 35.5. The van der Waals surface area contributed by atoms with Crippen LogP contribution < -0.4 is 10.1 Å². The van der Waals surface area contributed by atoms with Crippen molar-refractivity contribution in [1.29, 1.82) is 0 Å². The van der Waals surface area contributed by atoms with Crippen LogP contribution in [0.5, 0.6) is 5.75 Å². The highest BCUT2D eigenvalue weighted by molar-refractivity contribution is 6.32. The lowest BCUT2D eigenvalue weighted by Gasteiger charge is -2.31. The van der Waals surface area contributed by atoms with Crippen LogP contribution in [0.1, 0.15) is 31.4 Å². The number of amides is 2. The summed E-state index contributed by atoms with van der Waals surface area (Å²) in [5, 5.41) is 3.09. The van der Waals surface area contributed by atoms with Gasteiger partial charge in [-0.1, -0.05) is 41.9 Å². The minimum absolute atomic E-state index is 0.0776. The van der Waals surface area contributed by atoms with E-state index in [-0.39, 0.29) is 5.91 Å². The molecule has 7 nitrogen and oxygen atoms in total. The molecule has 0 spiro atoms. The maximum Gasteiger partial charge on any atom is 0.311 e. The quantitative estimate of drug-likeness (QED) is 0.684.